The number of nitrogens with two attached hydrogens (primary N) is 1. The van der Waals surface area contributed by atoms with Gasteiger partial charge >= 0.3 is 0 Å². The molecule has 7 N–H and O–H groups in total. The van der Waals surface area contributed by atoms with Crippen LogP contribution >= 0.6 is 0 Å². The van der Waals surface area contributed by atoms with Crippen LogP contribution in [0.5, 0.6) is 0 Å². The third-order valence-electron chi connectivity index (χ3n) is 10.1. The lowest BCUT2D eigenvalue weighted by molar-refractivity contribution is -0.131. The van der Waals surface area contributed by atoms with E-state index in [-0.39, 0.29) is 54.4 Å². The molecule has 1 heterocycles. The monoisotopic (exact) mass is 670 g/mol. The van der Waals surface area contributed by atoms with Gasteiger partial charge in [-0.2, -0.15) is 5.10 Å². The van der Waals surface area contributed by atoms with E-state index in [0.717, 1.165) is 47.8 Å². The minimum Gasteiger partial charge on any atom is -0.391 e. The predicted molar refractivity (Wildman–Crippen MR) is 190 cm³/mol. The number of carbonyl (C=O) groups is 3. The lowest BCUT2D eigenvalue weighted by Gasteiger charge is -2.36. The van der Waals surface area contributed by atoms with Crippen molar-refractivity contribution in [1.82, 2.24) is 26.1 Å². The Morgan fingerprint density at radius 2 is 1.71 bits per heavy atom. The molecule has 0 bridgehead atoms. The molecule has 1 unspecified atom stereocenters. The molecule has 0 spiro atoms. The molecule has 270 valence electrons. The number of hydrogen-bond acceptors (Lipinski definition) is 7. The van der Waals surface area contributed by atoms with Gasteiger partial charge < -0.3 is 31.5 Å². The summed E-state index contributed by atoms with van der Waals surface area (Å²) in [6.07, 6.45) is 3.71. The van der Waals surface area contributed by atoms with E-state index in [4.69, 9.17) is 10.5 Å². The minimum atomic E-state index is -0.983. The summed E-state index contributed by atoms with van der Waals surface area (Å²) in [6.45, 7) is 15.4. The van der Waals surface area contributed by atoms with E-state index in [9.17, 15) is 19.5 Å². The van der Waals surface area contributed by atoms with Crippen LogP contribution in [-0.2, 0) is 25.5 Å². The molecule has 3 amide bonds. The number of fused-ring (bicyclic) bond motifs is 1. The average molecular weight is 671 g/mol. The van der Waals surface area contributed by atoms with Crippen molar-refractivity contribution < 1.29 is 24.2 Å². The molecule has 48 heavy (non-hydrogen) atoms. The van der Waals surface area contributed by atoms with E-state index >= 15 is 0 Å². The number of aromatic nitrogens is 2. The summed E-state index contributed by atoms with van der Waals surface area (Å²) in [5.74, 6) is -0.530. The number of carbonyl (C=O) groups excluding carboxylic acids is 3. The lowest BCUT2D eigenvalue weighted by atomic mass is 9.75. The number of methoxy groups -OCH3 is 1. The summed E-state index contributed by atoms with van der Waals surface area (Å²) in [6, 6.07) is 4.91. The molecule has 0 radical (unpaired) electrons. The SMILES string of the molecule is COCCCc1[nH]nc2ccc(C(C)[C@@H](C[C@H](NC(=O)[C@@H](NC(=O)CN)C(C)C)[C@@H](O)C[C@H](C(=O)NCC3CC3)C(C)C)C(C)C)cc12. The highest BCUT2D eigenvalue weighted by Gasteiger charge is 2.36. The van der Waals surface area contributed by atoms with Gasteiger partial charge in [0.05, 0.1) is 24.2 Å². The molecule has 6 atom stereocenters. The summed E-state index contributed by atoms with van der Waals surface area (Å²) >= 11 is 0. The fourth-order valence-electron chi connectivity index (χ4n) is 6.70. The summed E-state index contributed by atoms with van der Waals surface area (Å²) in [5.41, 5.74) is 8.70. The number of amides is 3. The van der Waals surface area contributed by atoms with Gasteiger partial charge in [0.15, 0.2) is 0 Å². The standard InChI is InChI=1S/C37H62N6O5/c1-21(2)27(24(7)26-13-14-31-29(16-26)30(42-43-31)10-9-15-48-8)17-32(40-37(47)35(23(5)6)41-34(45)19-38)33(44)18-28(22(3)4)36(46)39-20-25-11-12-25/h13-14,16,21-25,27-28,32-33,35,44H,9-12,15,17-20,38H2,1-8H3,(H,39,46)(H,40,47)(H,41,45)(H,42,43)/t24?,27-,28-,32-,33-,35-/m0/s1. The van der Waals surface area contributed by atoms with E-state index < -0.39 is 30.0 Å². The van der Waals surface area contributed by atoms with Gasteiger partial charge in [-0.1, -0.05) is 54.5 Å². The summed E-state index contributed by atoms with van der Waals surface area (Å²) < 4.78 is 5.25. The minimum absolute atomic E-state index is 0.00190. The molecule has 3 rings (SSSR count). The second kappa shape index (κ2) is 18.7. The third kappa shape index (κ3) is 11.3. The Morgan fingerprint density at radius 3 is 2.29 bits per heavy atom. The van der Waals surface area contributed by atoms with Gasteiger partial charge in [0, 0.05) is 37.3 Å². The van der Waals surface area contributed by atoms with Crippen LogP contribution in [0.15, 0.2) is 18.2 Å². The van der Waals surface area contributed by atoms with Crippen LogP contribution in [0.25, 0.3) is 10.9 Å². The van der Waals surface area contributed by atoms with E-state index in [1.165, 1.54) is 0 Å². The second-order valence-electron chi connectivity index (χ2n) is 15.0. The van der Waals surface area contributed by atoms with Gasteiger partial charge in [0.2, 0.25) is 17.7 Å². The lowest BCUT2D eigenvalue weighted by Crippen LogP contribution is -2.56. The highest BCUT2D eigenvalue weighted by molar-refractivity contribution is 5.88. The van der Waals surface area contributed by atoms with Crippen LogP contribution in [0.4, 0.5) is 0 Å². The molecular formula is C37H62N6O5. The van der Waals surface area contributed by atoms with Crippen molar-refractivity contribution in [3.05, 3.63) is 29.5 Å². The highest BCUT2D eigenvalue weighted by atomic mass is 16.5. The fourth-order valence-corrected chi connectivity index (χ4v) is 6.70. The molecule has 1 aliphatic rings. The Morgan fingerprint density at radius 1 is 1.00 bits per heavy atom. The molecule has 11 nitrogen and oxygen atoms in total. The first-order valence-electron chi connectivity index (χ1n) is 18.0. The summed E-state index contributed by atoms with van der Waals surface area (Å²) in [4.78, 5) is 39.3. The molecule has 11 heteroatoms. The second-order valence-corrected chi connectivity index (χ2v) is 15.0. The topological polar surface area (TPSA) is 171 Å². The Labute approximate surface area is 287 Å². The molecule has 1 saturated carbocycles. The molecule has 1 aromatic carbocycles. The van der Waals surface area contributed by atoms with E-state index in [1.54, 1.807) is 7.11 Å². The van der Waals surface area contributed by atoms with Crippen molar-refractivity contribution in [3.63, 3.8) is 0 Å². The van der Waals surface area contributed by atoms with E-state index in [1.807, 2.05) is 33.8 Å². The number of aliphatic hydroxyl groups excluding tert-OH is 1. The van der Waals surface area contributed by atoms with Gasteiger partial charge in [-0.05, 0) is 91.7 Å². The van der Waals surface area contributed by atoms with E-state index in [0.29, 0.717) is 25.5 Å². The largest absolute Gasteiger partial charge is 0.391 e. The highest BCUT2D eigenvalue weighted by Crippen LogP contribution is 2.36. The molecular weight excluding hydrogens is 608 g/mol. The van der Waals surface area contributed by atoms with Crippen LogP contribution in [0, 0.1) is 35.5 Å². The Kier molecular flexibility index (Phi) is 15.3. The number of hydrogen-bond donors (Lipinski definition) is 6. The number of nitrogens with zero attached hydrogens (tertiary/aromatic N) is 1. The van der Waals surface area contributed by atoms with Crippen molar-refractivity contribution in [2.24, 2.45) is 41.2 Å². The zero-order valence-electron chi connectivity index (χ0n) is 30.5. The Balaban J connectivity index is 1.90. The maximum atomic E-state index is 13.8. The van der Waals surface area contributed by atoms with Crippen molar-refractivity contribution in [2.75, 3.05) is 26.8 Å². The molecule has 2 aromatic rings. The molecule has 0 aliphatic heterocycles. The average Bonchev–Trinajstić information content (AvgIpc) is 3.80. The number of aromatic amines is 1. The third-order valence-corrected chi connectivity index (χ3v) is 10.1. The van der Waals surface area contributed by atoms with Crippen LogP contribution in [0.3, 0.4) is 0 Å². The van der Waals surface area contributed by atoms with Crippen molar-refractivity contribution >= 4 is 28.6 Å². The van der Waals surface area contributed by atoms with Crippen LogP contribution < -0.4 is 21.7 Å². The van der Waals surface area contributed by atoms with Crippen molar-refractivity contribution in [2.45, 2.75) is 111 Å². The molecule has 1 aromatic heterocycles. The van der Waals surface area contributed by atoms with Crippen LogP contribution in [-0.4, -0.2) is 78.0 Å². The van der Waals surface area contributed by atoms with Crippen molar-refractivity contribution in [3.8, 4) is 0 Å². The first-order valence-corrected chi connectivity index (χ1v) is 18.0. The van der Waals surface area contributed by atoms with Gasteiger partial charge in [-0.15, -0.1) is 0 Å². The Bertz CT molecular complexity index is 1320. The van der Waals surface area contributed by atoms with Crippen molar-refractivity contribution in [1.29, 1.82) is 0 Å². The first-order chi connectivity index (χ1) is 22.8. The maximum absolute atomic E-state index is 13.8. The predicted octanol–water partition coefficient (Wildman–Crippen LogP) is 4.04. The number of rotatable bonds is 21. The van der Waals surface area contributed by atoms with E-state index in [2.05, 4.69) is 59.1 Å². The quantitative estimate of drug-likeness (QED) is 0.109. The van der Waals surface area contributed by atoms with Gasteiger partial charge in [-0.25, -0.2) is 0 Å². The van der Waals surface area contributed by atoms with Gasteiger partial charge in [-0.3, -0.25) is 19.5 Å². The summed E-state index contributed by atoms with van der Waals surface area (Å²) in [7, 11) is 1.70. The smallest absolute Gasteiger partial charge is 0.243 e. The number of nitrogens with one attached hydrogen (secondary N) is 4. The van der Waals surface area contributed by atoms with Crippen LogP contribution in [0.2, 0.25) is 0 Å². The normalized spacial score (nSPS) is 17.3. The van der Waals surface area contributed by atoms with Crippen LogP contribution in [0.1, 0.15) is 97.7 Å². The molecule has 0 saturated heterocycles. The first kappa shape index (κ1) is 39.4. The molecule has 1 fully saturated rings. The maximum Gasteiger partial charge on any atom is 0.243 e. The van der Waals surface area contributed by atoms with Gasteiger partial charge in [0.25, 0.3) is 0 Å². The Hall–Kier alpha value is -3.02. The fraction of sp³-hybridized carbons (Fsp3) is 0.730. The van der Waals surface area contributed by atoms with Gasteiger partial charge in [0.1, 0.15) is 6.04 Å². The number of benzene rings is 1. The number of ether oxygens (including phenoxy) is 1. The molecule has 1 aliphatic carbocycles. The number of aryl methyl sites for hydroxylation is 1. The summed E-state index contributed by atoms with van der Waals surface area (Å²) in [5, 5.41) is 29.6. The number of H-pyrrole nitrogens is 1. The number of aliphatic hydroxyl groups is 1. The zero-order chi connectivity index (χ0) is 35.5. The zero-order valence-corrected chi connectivity index (χ0v) is 30.5.